The van der Waals surface area contributed by atoms with E-state index in [1.807, 2.05) is 0 Å². The van der Waals surface area contributed by atoms with E-state index in [1.165, 1.54) is 29.7 Å². The Morgan fingerprint density at radius 2 is 1.74 bits per heavy atom. The number of benzene rings is 1. The lowest BCUT2D eigenvalue weighted by molar-refractivity contribution is -0.134. The zero-order valence-electron chi connectivity index (χ0n) is 19.6. The van der Waals surface area contributed by atoms with E-state index >= 15 is 0 Å². The zero-order chi connectivity index (χ0) is 26.3. The Hall–Kier alpha value is -3.88. The van der Waals surface area contributed by atoms with Gasteiger partial charge in [-0.3, -0.25) is 19.8 Å². The van der Waals surface area contributed by atoms with Gasteiger partial charge in [0.25, 0.3) is 5.91 Å². The summed E-state index contributed by atoms with van der Waals surface area (Å²) in [6.07, 6.45) is 2.94. The van der Waals surface area contributed by atoms with E-state index < -0.39 is 20.5 Å². The highest BCUT2D eigenvalue weighted by Gasteiger charge is 2.52. The molecule has 0 saturated carbocycles. The fourth-order valence-electron chi connectivity index (χ4n) is 3.86. The van der Waals surface area contributed by atoms with Gasteiger partial charge in [-0.25, -0.2) is 13.9 Å². The van der Waals surface area contributed by atoms with Crippen molar-refractivity contribution in [1.82, 2.24) is 26.0 Å². The number of carbonyl (C=O) groups is 2. The number of amides is 2. The van der Waals surface area contributed by atoms with Crippen molar-refractivity contribution in [3.8, 4) is 17.2 Å². The minimum Gasteiger partial charge on any atom is -0.492 e. The lowest BCUT2D eigenvalue weighted by Crippen LogP contribution is -2.54. The predicted molar refractivity (Wildman–Crippen MR) is 133 cm³/mol. The number of hydrogen-bond donors (Lipinski definition) is 3. The summed E-state index contributed by atoms with van der Waals surface area (Å²) >= 11 is 0. The maximum Gasteiger partial charge on any atom is 0.265 e. The van der Waals surface area contributed by atoms with E-state index in [-0.39, 0.29) is 69.7 Å². The molecule has 0 atom stereocenters. The van der Waals surface area contributed by atoms with Gasteiger partial charge in [0.2, 0.25) is 17.7 Å². The first kappa shape index (κ1) is 28.7. The SMILES string of the molecule is C.O=C(Cc1nnc(-c2ccncc2)o1)NCCOc1ccc(S(=O)(=O)C2(C(=O)NO)CCOCC2)cc1. The van der Waals surface area contributed by atoms with E-state index in [4.69, 9.17) is 19.1 Å². The minimum absolute atomic E-state index is 0. The second kappa shape index (κ2) is 12.6. The van der Waals surface area contributed by atoms with E-state index in [2.05, 4.69) is 20.5 Å². The van der Waals surface area contributed by atoms with Crippen molar-refractivity contribution in [2.75, 3.05) is 26.4 Å². The zero-order valence-corrected chi connectivity index (χ0v) is 20.4. The molecular formula is C24H29N5O8S. The third-order valence-corrected chi connectivity index (χ3v) is 8.38. The normalized spacial score (nSPS) is 14.7. The van der Waals surface area contributed by atoms with Crippen molar-refractivity contribution in [1.29, 1.82) is 0 Å². The van der Waals surface area contributed by atoms with Crippen molar-refractivity contribution in [2.24, 2.45) is 0 Å². The molecule has 3 aromatic rings. The molecule has 38 heavy (non-hydrogen) atoms. The van der Waals surface area contributed by atoms with Crippen molar-refractivity contribution >= 4 is 21.7 Å². The Morgan fingerprint density at radius 1 is 1.05 bits per heavy atom. The van der Waals surface area contributed by atoms with Gasteiger partial charge in [-0.05, 0) is 49.2 Å². The van der Waals surface area contributed by atoms with Crippen LogP contribution in [0.25, 0.3) is 11.5 Å². The molecule has 204 valence electrons. The molecule has 1 aliphatic heterocycles. The molecule has 14 heteroatoms. The highest BCUT2D eigenvalue weighted by molar-refractivity contribution is 7.93. The topological polar surface area (TPSA) is 183 Å². The number of carbonyl (C=O) groups excluding carboxylic acids is 2. The highest BCUT2D eigenvalue weighted by Crippen LogP contribution is 2.35. The number of sulfone groups is 1. The Morgan fingerprint density at radius 3 is 2.39 bits per heavy atom. The summed E-state index contributed by atoms with van der Waals surface area (Å²) in [6.45, 7) is 0.470. The summed E-state index contributed by atoms with van der Waals surface area (Å²) in [5.74, 6) is -0.488. The quantitative estimate of drug-likeness (QED) is 0.189. The van der Waals surface area contributed by atoms with Crippen LogP contribution in [0.2, 0.25) is 0 Å². The van der Waals surface area contributed by atoms with Crippen molar-refractivity contribution < 1.29 is 37.1 Å². The second-order valence-corrected chi connectivity index (χ2v) is 10.4. The average molecular weight is 548 g/mol. The maximum absolute atomic E-state index is 13.3. The summed E-state index contributed by atoms with van der Waals surface area (Å²) in [7, 11) is -4.12. The Kier molecular flexibility index (Phi) is 9.50. The smallest absolute Gasteiger partial charge is 0.265 e. The number of aromatic nitrogens is 3. The Balaban J connectivity index is 0.00000400. The molecule has 0 spiro atoms. The van der Waals surface area contributed by atoms with Gasteiger partial charge in [0.1, 0.15) is 18.8 Å². The number of nitrogens with one attached hydrogen (secondary N) is 2. The fourth-order valence-corrected chi connectivity index (χ4v) is 5.80. The molecule has 1 saturated heterocycles. The number of ether oxygens (including phenoxy) is 2. The van der Waals surface area contributed by atoms with Crippen molar-refractivity contribution in [3.05, 3.63) is 54.7 Å². The van der Waals surface area contributed by atoms with Gasteiger partial charge < -0.3 is 19.2 Å². The van der Waals surface area contributed by atoms with Gasteiger partial charge in [-0.1, -0.05) is 7.43 Å². The van der Waals surface area contributed by atoms with Crippen LogP contribution in [-0.4, -0.2) is 71.7 Å². The van der Waals surface area contributed by atoms with Gasteiger partial charge in [0, 0.05) is 31.2 Å². The molecule has 1 aromatic carbocycles. The van der Waals surface area contributed by atoms with Crippen LogP contribution in [0.5, 0.6) is 5.75 Å². The molecular weight excluding hydrogens is 518 g/mol. The van der Waals surface area contributed by atoms with Crippen LogP contribution in [0.1, 0.15) is 26.2 Å². The molecule has 0 radical (unpaired) electrons. The molecule has 3 heterocycles. The first-order valence-corrected chi connectivity index (χ1v) is 12.8. The number of pyridine rings is 1. The summed E-state index contributed by atoms with van der Waals surface area (Å²) in [5.41, 5.74) is 2.18. The largest absolute Gasteiger partial charge is 0.492 e. The van der Waals surface area contributed by atoms with Gasteiger partial charge in [-0.15, -0.1) is 10.2 Å². The summed E-state index contributed by atoms with van der Waals surface area (Å²) in [4.78, 5) is 28.3. The van der Waals surface area contributed by atoms with Crippen molar-refractivity contribution in [3.63, 3.8) is 0 Å². The average Bonchev–Trinajstić information content (AvgIpc) is 3.40. The number of nitrogens with zero attached hydrogens (tertiary/aromatic N) is 3. The van der Waals surface area contributed by atoms with E-state index in [9.17, 15) is 18.0 Å². The molecule has 2 amide bonds. The number of hydrogen-bond acceptors (Lipinski definition) is 11. The van der Waals surface area contributed by atoms with Crippen LogP contribution in [0.4, 0.5) is 0 Å². The lowest BCUT2D eigenvalue weighted by atomic mass is 9.98. The van der Waals surface area contributed by atoms with Crippen LogP contribution in [-0.2, 0) is 30.6 Å². The molecule has 3 N–H and O–H groups in total. The monoisotopic (exact) mass is 547 g/mol. The standard InChI is InChI=1S/C23H25N5O8S.CH4/c29-19(15-20-26-27-21(36-20)16-5-9-24-10-6-16)25-11-14-35-17-1-3-18(4-2-17)37(32,33)23(22(30)28-31)7-12-34-13-8-23;/h1-6,9-10,31H,7-8,11-15H2,(H,25,29)(H,28,30);1H4. The molecule has 0 unspecified atom stereocenters. The lowest BCUT2D eigenvalue weighted by Gasteiger charge is -2.34. The molecule has 13 nitrogen and oxygen atoms in total. The number of rotatable bonds is 10. The summed E-state index contributed by atoms with van der Waals surface area (Å²) in [6, 6.07) is 9.01. The van der Waals surface area contributed by atoms with Crippen LogP contribution in [0.15, 0.2) is 58.1 Å². The van der Waals surface area contributed by atoms with Crippen LogP contribution in [0, 0.1) is 0 Å². The summed E-state index contributed by atoms with van der Waals surface area (Å²) < 4.78 is 41.0. The van der Waals surface area contributed by atoms with Crippen LogP contribution < -0.4 is 15.5 Å². The fraction of sp³-hybridized carbons (Fsp3) is 0.375. The first-order chi connectivity index (χ1) is 17.9. The molecule has 0 aliphatic carbocycles. The third-order valence-electron chi connectivity index (χ3n) is 5.86. The number of hydroxylamine groups is 1. The Bertz CT molecular complexity index is 1320. The summed E-state index contributed by atoms with van der Waals surface area (Å²) in [5, 5.41) is 19.6. The molecule has 1 fully saturated rings. The second-order valence-electron chi connectivity index (χ2n) is 8.13. The molecule has 1 aliphatic rings. The first-order valence-electron chi connectivity index (χ1n) is 11.3. The minimum atomic E-state index is -4.12. The van der Waals surface area contributed by atoms with Gasteiger partial charge >= 0.3 is 0 Å². The molecule has 4 rings (SSSR count). The van der Waals surface area contributed by atoms with E-state index in [0.29, 0.717) is 17.2 Å². The van der Waals surface area contributed by atoms with Gasteiger partial charge in [0.05, 0.1) is 11.4 Å². The molecule has 2 aromatic heterocycles. The Labute approximate surface area is 219 Å². The van der Waals surface area contributed by atoms with Crippen LogP contribution in [0.3, 0.4) is 0 Å². The van der Waals surface area contributed by atoms with E-state index in [1.54, 1.807) is 24.5 Å². The van der Waals surface area contributed by atoms with Crippen LogP contribution >= 0.6 is 0 Å². The van der Waals surface area contributed by atoms with E-state index in [0.717, 1.165) is 0 Å². The van der Waals surface area contributed by atoms with Crippen molar-refractivity contribution in [2.45, 2.75) is 36.3 Å². The predicted octanol–water partition coefficient (Wildman–Crippen LogP) is 1.33. The van der Waals surface area contributed by atoms with Gasteiger partial charge in [-0.2, -0.15) is 0 Å². The molecule has 0 bridgehead atoms. The maximum atomic E-state index is 13.3. The highest BCUT2D eigenvalue weighted by atomic mass is 32.2. The third kappa shape index (κ3) is 6.15. The van der Waals surface area contributed by atoms with Gasteiger partial charge in [0.15, 0.2) is 14.6 Å².